The van der Waals surface area contributed by atoms with Gasteiger partial charge in [-0.2, -0.15) is 0 Å². The molecule has 2 atom stereocenters. The van der Waals surface area contributed by atoms with Crippen LogP contribution in [0.1, 0.15) is 25.8 Å². The number of halogens is 4. The SMILES string of the molecule is CC(C)(O)C(=O)N1CCC(NSCF)C1Cc1cccc(-c2cc(F)cc(F)c2)c1F. The summed E-state index contributed by atoms with van der Waals surface area (Å²) in [5, 5.41) is 10.2. The molecule has 0 aliphatic carbocycles. The number of benzene rings is 2. The first-order chi connectivity index (χ1) is 14.6. The van der Waals surface area contributed by atoms with Crippen LogP contribution in [-0.2, 0) is 11.2 Å². The zero-order chi connectivity index (χ0) is 22.8. The van der Waals surface area contributed by atoms with Gasteiger partial charge >= 0.3 is 0 Å². The molecule has 2 aromatic carbocycles. The standard InChI is InChI=1S/C22H24F4N2O2S/c1-22(2,30)21(29)28-7-6-18(27-31-12-23)19(28)10-13-4-3-5-17(20(13)26)14-8-15(24)11-16(25)9-14/h3-5,8-9,11,18-19,27,30H,6-7,10,12H2,1-2H3. The lowest BCUT2D eigenvalue weighted by Gasteiger charge is -2.32. The van der Waals surface area contributed by atoms with Gasteiger partial charge in [0.05, 0.1) is 6.04 Å². The Bertz CT molecular complexity index is 931. The third-order valence-electron chi connectivity index (χ3n) is 5.30. The summed E-state index contributed by atoms with van der Waals surface area (Å²) < 4.78 is 58.2. The average Bonchev–Trinajstić information content (AvgIpc) is 3.08. The van der Waals surface area contributed by atoms with E-state index in [0.717, 1.165) is 24.1 Å². The van der Waals surface area contributed by atoms with Gasteiger partial charge < -0.3 is 10.0 Å². The summed E-state index contributed by atoms with van der Waals surface area (Å²) >= 11 is 0.854. The highest BCUT2D eigenvalue weighted by Gasteiger charge is 2.41. The van der Waals surface area contributed by atoms with Crippen molar-refractivity contribution in [3.8, 4) is 11.1 Å². The summed E-state index contributed by atoms with van der Waals surface area (Å²) in [4.78, 5) is 14.2. The molecule has 1 saturated heterocycles. The van der Waals surface area contributed by atoms with E-state index in [1.54, 1.807) is 12.1 Å². The summed E-state index contributed by atoms with van der Waals surface area (Å²) in [7, 11) is 0. The van der Waals surface area contributed by atoms with E-state index in [0.29, 0.717) is 19.0 Å². The van der Waals surface area contributed by atoms with E-state index in [-0.39, 0.29) is 29.2 Å². The van der Waals surface area contributed by atoms with Gasteiger partial charge in [-0.05, 0) is 61.9 Å². The maximum Gasteiger partial charge on any atom is 0.254 e. The molecule has 1 aliphatic heterocycles. The number of carbonyl (C=O) groups is 1. The lowest BCUT2D eigenvalue weighted by Crippen LogP contribution is -2.51. The second-order valence-electron chi connectivity index (χ2n) is 8.03. The van der Waals surface area contributed by atoms with Crippen LogP contribution in [0.25, 0.3) is 11.1 Å². The fourth-order valence-electron chi connectivity index (χ4n) is 3.88. The number of amides is 1. The minimum atomic E-state index is -1.61. The highest BCUT2D eigenvalue weighted by Crippen LogP contribution is 2.31. The number of carbonyl (C=O) groups excluding carboxylic acids is 1. The maximum atomic E-state index is 15.3. The van der Waals surface area contributed by atoms with Crippen LogP contribution in [0.5, 0.6) is 0 Å². The molecule has 1 fully saturated rings. The molecule has 9 heteroatoms. The van der Waals surface area contributed by atoms with Gasteiger partial charge in [0.2, 0.25) is 0 Å². The average molecular weight is 457 g/mol. The van der Waals surface area contributed by atoms with Crippen LogP contribution < -0.4 is 4.72 Å². The van der Waals surface area contributed by atoms with Crippen molar-refractivity contribution in [2.45, 2.75) is 44.4 Å². The van der Waals surface area contributed by atoms with Crippen molar-refractivity contribution >= 4 is 17.9 Å². The topological polar surface area (TPSA) is 52.6 Å². The molecule has 2 aromatic rings. The number of hydrogen-bond acceptors (Lipinski definition) is 4. The van der Waals surface area contributed by atoms with E-state index in [1.165, 1.54) is 24.8 Å². The number of hydrogen-bond donors (Lipinski definition) is 2. The van der Waals surface area contributed by atoms with Crippen molar-refractivity contribution in [2.24, 2.45) is 0 Å². The zero-order valence-corrected chi connectivity index (χ0v) is 18.0. The second-order valence-corrected chi connectivity index (χ2v) is 8.77. The molecule has 31 heavy (non-hydrogen) atoms. The largest absolute Gasteiger partial charge is 0.381 e. The number of nitrogens with zero attached hydrogens (tertiary/aromatic N) is 1. The molecule has 1 amide bonds. The highest BCUT2D eigenvalue weighted by molar-refractivity contribution is 7.97. The molecule has 0 saturated carbocycles. The van der Waals surface area contributed by atoms with Crippen LogP contribution in [-0.4, -0.2) is 46.1 Å². The van der Waals surface area contributed by atoms with Crippen LogP contribution in [0, 0.1) is 17.5 Å². The van der Waals surface area contributed by atoms with Crippen LogP contribution >= 0.6 is 11.9 Å². The molecular formula is C22H24F4N2O2S. The molecule has 2 unspecified atom stereocenters. The zero-order valence-electron chi connectivity index (χ0n) is 17.2. The maximum absolute atomic E-state index is 15.3. The third kappa shape index (κ3) is 5.39. The van der Waals surface area contributed by atoms with Crippen LogP contribution in [0.3, 0.4) is 0 Å². The fourth-order valence-corrected chi connectivity index (χ4v) is 4.43. The quantitative estimate of drug-likeness (QED) is 0.484. The molecule has 1 aliphatic rings. The van der Waals surface area contributed by atoms with Crippen LogP contribution in [0.4, 0.5) is 17.6 Å². The van der Waals surface area contributed by atoms with Gasteiger partial charge in [0.15, 0.2) is 0 Å². The second kappa shape index (κ2) is 9.58. The Labute approximate surface area is 182 Å². The normalized spacial score (nSPS) is 19.1. The van der Waals surface area contributed by atoms with E-state index in [2.05, 4.69) is 4.72 Å². The highest BCUT2D eigenvalue weighted by atomic mass is 32.2. The van der Waals surface area contributed by atoms with Crippen molar-refractivity contribution in [1.29, 1.82) is 0 Å². The van der Waals surface area contributed by atoms with Gasteiger partial charge in [0.25, 0.3) is 5.91 Å². The number of rotatable bonds is 7. The molecule has 0 aromatic heterocycles. The molecule has 2 N–H and O–H groups in total. The summed E-state index contributed by atoms with van der Waals surface area (Å²) in [5.74, 6) is -2.78. The van der Waals surface area contributed by atoms with Crippen molar-refractivity contribution in [3.63, 3.8) is 0 Å². The van der Waals surface area contributed by atoms with Crippen LogP contribution in [0.15, 0.2) is 36.4 Å². The first-order valence-corrected chi connectivity index (χ1v) is 10.8. The predicted molar refractivity (Wildman–Crippen MR) is 112 cm³/mol. The molecule has 1 heterocycles. The van der Waals surface area contributed by atoms with Gasteiger partial charge in [0.1, 0.15) is 29.1 Å². The Kier molecular flexibility index (Phi) is 7.28. The van der Waals surface area contributed by atoms with E-state index in [4.69, 9.17) is 0 Å². The van der Waals surface area contributed by atoms with E-state index in [1.807, 2.05) is 0 Å². The Morgan fingerprint density at radius 3 is 2.52 bits per heavy atom. The van der Waals surface area contributed by atoms with Gasteiger partial charge in [-0.15, -0.1) is 0 Å². The van der Waals surface area contributed by atoms with Crippen LogP contribution in [0.2, 0.25) is 0 Å². The lowest BCUT2D eigenvalue weighted by molar-refractivity contribution is -0.148. The number of alkyl halides is 1. The Hall–Kier alpha value is -2.10. The van der Waals surface area contributed by atoms with E-state index in [9.17, 15) is 23.1 Å². The Morgan fingerprint density at radius 1 is 1.23 bits per heavy atom. The van der Waals surface area contributed by atoms with Crippen molar-refractivity contribution in [1.82, 2.24) is 9.62 Å². The summed E-state index contributed by atoms with van der Waals surface area (Å²) in [6, 6.07) is 5.83. The summed E-state index contributed by atoms with van der Waals surface area (Å²) in [6.07, 6.45) is 0.597. The van der Waals surface area contributed by atoms with E-state index < -0.39 is 41.0 Å². The van der Waals surface area contributed by atoms with E-state index >= 15 is 4.39 Å². The lowest BCUT2D eigenvalue weighted by atomic mass is 9.95. The van der Waals surface area contributed by atoms with Gasteiger partial charge in [-0.1, -0.05) is 18.2 Å². The Balaban J connectivity index is 1.94. The molecule has 0 radical (unpaired) electrons. The van der Waals surface area contributed by atoms with Crippen molar-refractivity contribution in [3.05, 3.63) is 59.4 Å². The molecule has 4 nitrogen and oxygen atoms in total. The molecule has 0 bridgehead atoms. The summed E-state index contributed by atoms with van der Waals surface area (Å²) in [5.41, 5.74) is -1.26. The Morgan fingerprint density at radius 2 is 1.90 bits per heavy atom. The number of likely N-dealkylation sites (tertiary alicyclic amines) is 1. The number of nitrogens with one attached hydrogen (secondary N) is 1. The van der Waals surface area contributed by atoms with Gasteiger partial charge in [-0.25, -0.2) is 17.6 Å². The first kappa shape index (κ1) is 23.6. The monoisotopic (exact) mass is 456 g/mol. The first-order valence-electron chi connectivity index (χ1n) is 9.82. The minimum Gasteiger partial charge on any atom is -0.381 e. The van der Waals surface area contributed by atoms with Crippen molar-refractivity contribution in [2.75, 3.05) is 12.6 Å². The molecule has 0 spiro atoms. The molecule has 168 valence electrons. The smallest absolute Gasteiger partial charge is 0.254 e. The minimum absolute atomic E-state index is 0.0388. The van der Waals surface area contributed by atoms with Crippen molar-refractivity contribution < 1.29 is 27.5 Å². The molecule has 3 rings (SSSR count). The van der Waals surface area contributed by atoms with Gasteiger partial charge in [0, 0.05) is 24.2 Å². The predicted octanol–water partition coefficient (Wildman–Crippen LogP) is 4.22. The summed E-state index contributed by atoms with van der Waals surface area (Å²) in [6.45, 7) is 3.08. The third-order valence-corrected chi connectivity index (χ3v) is 5.88. The number of aliphatic hydroxyl groups is 1. The molecular weight excluding hydrogens is 432 g/mol. The fraction of sp³-hybridized carbons (Fsp3) is 0.409. The van der Waals surface area contributed by atoms with Gasteiger partial charge in [-0.3, -0.25) is 9.52 Å².